The quantitative estimate of drug-likeness (QED) is 0.452. The number of benzene rings is 2. The molecule has 0 atom stereocenters. The average molecular weight is 376 g/mol. The van der Waals surface area contributed by atoms with E-state index >= 15 is 0 Å². The second kappa shape index (κ2) is 8.27. The van der Waals surface area contributed by atoms with Gasteiger partial charge in [-0.3, -0.25) is 4.57 Å². The van der Waals surface area contributed by atoms with E-state index < -0.39 is 0 Å². The van der Waals surface area contributed by atoms with E-state index in [4.69, 9.17) is 21.1 Å². The summed E-state index contributed by atoms with van der Waals surface area (Å²) in [6.07, 6.45) is 0. The van der Waals surface area contributed by atoms with E-state index in [1.807, 2.05) is 60.0 Å². The van der Waals surface area contributed by atoms with Gasteiger partial charge in [0, 0.05) is 11.4 Å². The van der Waals surface area contributed by atoms with Crippen molar-refractivity contribution in [2.75, 3.05) is 19.5 Å². The number of methoxy groups -OCH3 is 1. The maximum Gasteiger partial charge on any atom is 0.195 e. The molecule has 0 aliphatic rings. The maximum absolute atomic E-state index is 6.08. The molecule has 3 aromatic rings. The Bertz CT molecular complexity index is 837. The van der Waals surface area contributed by atoms with Crippen molar-refractivity contribution in [3.8, 4) is 17.2 Å². The largest absolute Gasteiger partial charge is 0.497 e. The van der Waals surface area contributed by atoms with Crippen LogP contribution in [0, 0.1) is 6.92 Å². The fourth-order valence-electron chi connectivity index (χ4n) is 2.31. The van der Waals surface area contributed by atoms with Gasteiger partial charge in [-0.1, -0.05) is 35.5 Å². The lowest BCUT2D eigenvalue weighted by Gasteiger charge is -2.10. The molecule has 0 aliphatic heterocycles. The molecule has 0 saturated carbocycles. The number of para-hydroxylation sites is 1. The summed E-state index contributed by atoms with van der Waals surface area (Å²) in [5.74, 6) is 3.08. The molecule has 0 amide bonds. The standard InChI is InChI=1S/C18H18ClN3O2S/c1-13-20-21-18(22(13)14-7-9-15(23-2)10-8-14)25-12-11-24-17-6-4-3-5-16(17)19/h3-10H,11-12H2,1-2H3. The van der Waals surface area contributed by atoms with Crippen LogP contribution < -0.4 is 9.47 Å². The van der Waals surface area contributed by atoms with Gasteiger partial charge >= 0.3 is 0 Å². The van der Waals surface area contributed by atoms with Crippen molar-refractivity contribution in [2.24, 2.45) is 0 Å². The molecule has 0 N–H and O–H groups in total. The Hall–Kier alpha value is -2.18. The molecule has 0 saturated heterocycles. The van der Waals surface area contributed by atoms with Crippen LogP contribution in [0.3, 0.4) is 0 Å². The minimum absolute atomic E-state index is 0.531. The SMILES string of the molecule is COc1ccc(-n2c(C)nnc2SCCOc2ccccc2Cl)cc1. The van der Waals surface area contributed by atoms with Crippen LogP contribution in [0.1, 0.15) is 5.82 Å². The summed E-state index contributed by atoms with van der Waals surface area (Å²) in [5, 5.41) is 9.89. The van der Waals surface area contributed by atoms with Gasteiger partial charge < -0.3 is 9.47 Å². The Morgan fingerprint density at radius 2 is 1.84 bits per heavy atom. The molecule has 1 aromatic heterocycles. The predicted octanol–water partition coefficient (Wildman–Crippen LogP) is 4.41. The second-order valence-corrected chi connectivity index (χ2v) is 6.66. The molecule has 25 heavy (non-hydrogen) atoms. The van der Waals surface area contributed by atoms with E-state index in [2.05, 4.69) is 10.2 Å². The number of thioether (sulfide) groups is 1. The third kappa shape index (κ3) is 4.27. The highest BCUT2D eigenvalue weighted by molar-refractivity contribution is 7.99. The van der Waals surface area contributed by atoms with Crippen molar-refractivity contribution in [2.45, 2.75) is 12.1 Å². The van der Waals surface area contributed by atoms with E-state index in [-0.39, 0.29) is 0 Å². The fraction of sp³-hybridized carbons (Fsp3) is 0.222. The normalized spacial score (nSPS) is 10.7. The molecule has 0 aliphatic carbocycles. The molecule has 2 aromatic carbocycles. The zero-order chi connectivity index (χ0) is 17.6. The molecular weight excluding hydrogens is 358 g/mol. The van der Waals surface area contributed by atoms with Gasteiger partial charge in [-0.2, -0.15) is 0 Å². The first-order valence-electron chi connectivity index (χ1n) is 7.75. The van der Waals surface area contributed by atoms with E-state index in [1.165, 1.54) is 0 Å². The van der Waals surface area contributed by atoms with Gasteiger partial charge in [-0.15, -0.1) is 10.2 Å². The molecule has 0 spiro atoms. The smallest absolute Gasteiger partial charge is 0.195 e. The van der Waals surface area contributed by atoms with Gasteiger partial charge in [-0.25, -0.2) is 0 Å². The molecular formula is C18H18ClN3O2S. The molecule has 0 bridgehead atoms. The van der Waals surface area contributed by atoms with Crippen LogP contribution in [0.25, 0.3) is 5.69 Å². The zero-order valence-electron chi connectivity index (χ0n) is 14.0. The molecule has 130 valence electrons. The number of nitrogens with zero attached hydrogens (tertiary/aromatic N) is 3. The number of ether oxygens (including phenoxy) is 2. The molecule has 7 heteroatoms. The molecule has 0 radical (unpaired) electrons. The summed E-state index contributed by atoms with van der Waals surface area (Å²) in [7, 11) is 1.65. The average Bonchev–Trinajstić information content (AvgIpc) is 3.01. The topological polar surface area (TPSA) is 49.2 Å². The predicted molar refractivity (Wildman–Crippen MR) is 100 cm³/mol. The summed E-state index contributed by atoms with van der Waals surface area (Å²) in [6.45, 7) is 2.46. The highest BCUT2D eigenvalue weighted by atomic mass is 35.5. The summed E-state index contributed by atoms with van der Waals surface area (Å²) in [6, 6.07) is 15.3. The highest BCUT2D eigenvalue weighted by Crippen LogP contribution is 2.25. The minimum atomic E-state index is 0.531. The monoisotopic (exact) mass is 375 g/mol. The van der Waals surface area contributed by atoms with Crippen LogP contribution >= 0.6 is 23.4 Å². The van der Waals surface area contributed by atoms with Gasteiger partial charge in [0.2, 0.25) is 0 Å². The van der Waals surface area contributed by atoms with Crippen molar-refractivity contribution in [1.82, 2.24) is 14.8 Å². The van der Waals surface area contributed by atoms with E-state index in [1.54, 1.807) is 18.9 Å². The lowest BCUT2D eigenvalue weighted by atomic mass is 10.3. The summed E-state index contributed by atoms with van der Waals surface area (Å²) in [5.41, 5.74) is 0.998. The third-order valence-corrected chi connectivity index (χ3v) is 4.74. The van der Waals surface area contributed by atoms with Crippen molar-refractivity contribution in [3.05, 3.63) is 59.4 Å². The molecule has 0 unspecified atom stereocenters. The van der Waals surface area contributed by atoms with Crippen LogP contribution in [0.5, 0.6) is 11.5 Å². The number of rotatable bonds is 7. The van der Waals surface area contributed by atoms with Crippen molar-refractivity contribution >= 4 is 23.4 Å². The molecule has 3 rings (SSSR count). The van der Waals surface area contributed by atoms with Crippen molar-refractivity contribution in [3.63, 3.8) is 0 Å². The van der Waals surface area contributed by atoms with Crippen molar-refractivity contribution < 1.29 is 9.47 Å². The summed E-state index contributed by atoms with van der Waals surface area (Å²) in [4.78, 5) is 0. The Kier molecular flexibility index (Phi) is 5.83. The third-order valence-electron chi connectivity index (χ3n) is 3.53. The summed E-state index contributed by atoms with van der Waals surface area (Å²) < 4.78 is 12.9. The fourth-order valence-corrected chi connectivity index (χ4v) is 3.32. The van der Waals surface area contributed by atoms with Crippen LogP contribution in [-0.4, -0.2) is 34.2 Å². The van der Waals surface area contributed by atoms with Gasteiger partial charge in [0.25, 0.3) is 0 Å². The maximum atomic E-state index is 6.08. The molecule has 5 nitrogen and oxygen atoms in total. The lowest BCUT2D eigenvalue weighted by molar-refractivity contribution is 0.344. The first kappa shape index (κ1) is 17.6. The Morgan fingerprint density at radius 3 is 2.56 bits per heavy atom. The molecule has 0 fully saturated rings. The Morgan fingerprint density at radius 1 is 1.08 bits per heavy atom. The van der Waals surface area contributed by atoms with Crippen LogP contribution in [0.2, 0.25) is 5.02 Å². The Balaban J connectivity index is 1.64. The van der Waals surface area contributed by atoms with Gasteiger partial charge in [0.05, 0.1) is 18.7 Å². The number of aromatic nitrogens is 3. The second-order valence-electron chi connectivity index (χ2n) is 5.19. The van der Waals surface area contributed by atoms with Crippen molar-refractivity contribution in [1.29, 1.82) is 0 Å². The zero-order valence-corrected chi connectivity index (χ0v) is 15.5. The van der Waals surface area contributed by atoms with E-state index in [9.17, 15) is 0 Å². The highest BCUT2D eigenvalue weighted by Gasteiger charge is 2.11. The number of hydrogen-bond acceptors (Lipinski definition) is 5. The lowest BCUT2D eigenvalue weighted by Crippen LogP contribution is -2.03. The van der Waals surface area contributed by atoms with Crippen LogP contribution in [0.15, 0.2) is 53.7 Å². The number of hydrogen-bond donors (Lipinski definition) is 0. The molecule has 1 heterocycles. The minimum Gasteiger partial charge on any atom is -0.497 e. The van der Waals surface area contributed by atoms with E-state index in [0.29, 0.717) is 17.4 Å². The van der Waals surface area contributed by atoms with Gasteiger partial charge in [0.15, 0.2) is 5.16 Å². The number of halogens is 1. The Labute approximate surface area is 155 Å². The first-order valence-corrected chi connectivity index (χ1v) is 9.12. The van der Waals surface area contributed by atoms with Crippen LogP contribution in [-0.2, 0) is 0 Å². The first-order chi connectivity index (χ1) is 12.2. The number of aryl methyl sites for hydroxylation is 1. The summed E-state index contributed by atoms with van der Waals surface area (Å²) >= 11 is 7.67. The van der Waals surface area contributed by atoms with E-state index in [0.717, 1.165) is 28.2 Å². The van der Waals surface area contributed by atoms with Gasteiger partial charge in [0.1, 0.15) is 17.3 Å². The van der Waals surface area contributed by atoms with Gasteiger partial charge in [-0.05, 0) is 43.3 Å². The van der Waals surface area contributed by atoms with Crippen LogP contribution in [0.4, 0.5) is 0 Å².